The summed E-state index contributed by atoms with van der Waals surface area (Å²) in [6.07, 6.45) is 0.985. The summed E-state index contributed by atoms with van der Waals surface area (Å²) in [5.41, 5.74) is 0.0262. The van der Waals surface area contributed by atoms with Crippen molar-refractivity contribution < 1.29 is 9.59 Å². The zero-order valence-corrected chi connectivity index (χ0v) is 15.5. The summed E-state index contributed by atoms with van der Waals surface area (Å²) < 4.78 is 0. The van der Waals surface area contributed by atoms with Gasteiger partial charge in [-0.2, -0.15) is 0 Å². The largest absolute Gasteiger partial charge is 0.315 e. The molecule has 0 aromatic carbocycles. The molecule has 0 aromatic rings. The molecule has 0 radical (unpaired) electrons. The van der Waals surface area contributed by atoms with Crippen molar-refractivity contribution in [2.75, 3.05) is 13.6 Å². The summed E-state index contributed by atoms with van der Waals surface area (Å²) in [4.78, 5) is 25.2. The first kappa shape index (κ1) is 22.4. The topological polar surface area (TPSA) is 49.4 Å². The van der Waals surface area contributed by atoms with Gasteiger partial charge in [-0.3, -0.25) is 14.5 Å². The Morgan fingerprint density at radius 3 is 1.76 bits per heavy atom. The lowest BCUT2D eigenvalue weighted by molar-refractivity contribution is -0.150. The summed E-state index contributed by atoms with van der Waals surface area (Å²) in [6.45, 7) is 16.7. The summed E-state index contributed by atoms with van der Waals surface area (Å²) in [6, 6.07) is 0.129. The molecule has 1 heterocycles. The van der Waals surface area contributed by atoms with E-state index in [4.69, 9.17) is 0 Å². The van der Waals surface area contributed by atoms with Crippen LogP contribution in [0.15, 0.2) is 0 Å². The molecule has 1 aliphatic heterocycles. The smallest absolute Gasteiger partial charge is 0.229 e. The minimum Gasteiger partial charge on any atom is -0.315 e. The molecule has 0 bridgehead atoms. The molecular weight excluding hydrogens is 264 g/mol. The number of carbonyl (C=O) groups excluding carboxylic acids is 2. The van der Waals surface area contributed by atoms with Crippen molar-refractivity contribution >= 4 is 11.8 Å². The Kier molecular flexibility index (Phi) is 11.5. The van der Waals surface area contributed by atoms with Crippen LogP contribution in [0.4, 0.5) is 0 Å². The third-order valence-electron chi connectivity index (χ3n) is 3.41. The quantitative estimate of drug-likeness (QED) is 0.812. The molecule has 126 valence electrons. The molecule has 2 amide bonds. The van der Waals surface area contributed by atoms with Crippen molar-refractivity contribution in [1.29, 1.82) is 0 Å². The van der Waals surface area contributed by atoms with Crippen molar-refractivity contribution in [2.24, 2.45) is 11.3 Å². The molecule has 0 aromatic heterocycles. The van der Waals surface area contributed by atoms with Crippen molar-refractivity contribution in [3.63, 3.8) is 0 Å². The highest BCUT2D eigenvalue weighted by Gasteiger charge is 2.34. The summed E-state index contributed by atoms with van der Waals surface area (Å²) in [5, 5.41) is 3.20. The van der Waals surface area contributed by atoms with Gasteiger partial charge in [0.15, 0.2) is 0 Å². The van der Waals surface area contributed by atoms with E-state index in [0.29, 0.717) is 19.4 Å². The van der Waals surface area contributed by atoms with E-state index >= 15 is 0 Å². The van der Waals surface area contributed by atoms with Crippen LogP contribution in [-0.4, -0.2) is 36.3 Å². The third kappa shape index (κ3) is 7.60. The van der Waals surface area contributed by atoms with Crippen LogP contribution in [0.2, 0.25) is 0 Å². The number of amides is 2. The Morgan fingerprint density at radius 1 is 1.10 bits per heavy atom. The lowest BCUT2D eigenvalue weighted by atomic mass is 9.85. The van der Waals surface area contributed by atoms with Crippen LogP contribution in [0.1, 0.15) is 68.2 Å². The van der Waals surface area contributed by atoms with E-state index < -0.39 is 0 Å². The third-order valence-corrected chi connectivity index (χ3v) is 3.41. The predicted molar refractivity (Wildman–Crippen MR) is 90.1 cm³/mol. The van der Waals surface area contributed by atoms with Crippen LogP contribution in [-0.2, 0) is 9.59 Å². The Balaban J connectivity index is 0. The van der Waals surface area contributed by atoms with E-state index in [-0.39, 0.29) is 29.2 Å². The van der Waals surface area contributed by atoms with Crippen molar-refractivity contribution in [3.05, 3.63) is 0 Å². The SMILES string of the molecule is CC.CC.CNC(CN1C(=O)CC(C)CC1=O)C(C)(C)C. The molecule has 1 atom stereocenters. The maximum absolute atomic E-state index is 11.9. The minimum absolute atomic E-state index is 0.0262. The highest BCUT2D eigenvalue weighted by atomic mass is 16.2. The molecule has 4 nitrogen and oxygen atoms in total. The molecule has 1 rings (SSSR count). The molecule has 21 heavy (non-hydrogen) atoms. The highest BCUT2D eigenvalue weighted by Crippen LogP contribution is 2.24. The van der Waals surface area contributed by atoms with Gasteiger partial charge in [0.1, 0.15) is 0 Å². The van der Waals surface area contributed by atoms with Gasteiger partial charge in [-0.25, -0.2) is 0 Å². The van der Waals surface area contributed by atoms with Gasteiger partial charge in [0, 0.05) is 25.4 Å². The average Bonchev–Trinajstić information content (AvgIpc) is 2.41. The van der Waals surface area contributed by atoms with E-state index in [2.05, 4.69) is 26.1 Å². The Labute approximate surface area is 131 Å². The van der Waals surface area contributed by atoms with Crippen LogP contribution in [0, 0.1) is 11.3 Å². The predicted octanol–water partition coefficient (Wildman–Crippen LogP) is 3.46. The van der Waals surface area contributed by atoms with Crippen molar-refractivity contribution in [1.82, 2.24) is 10.2 Å². The number of hydrogen-bond donors (Lipinski definition) is 1. The van der Waals surface area contributed by atoms with Gasteiger partial charge < -0.3 is 5.32 Å². The maximum atomic E-state index is 11.9. The molecule has 1 unspecified atom stereocenters. The molecule has 1 aliphatic rings. The number of hydrogen-bond acceptors (Lipinski definition) is 3. The highest BCUT2D eigenvalue weighted by molar-refractivity contribution is 5.97. The van der Waals surface area contributed by atoms with Gasteiger partial charge in [-0.1, -0.05) is 55.4 Å². The first-order valence-electron chi connectivity index (χ1n) is 8.26. The fourth-order valence-corrected chi connectivity index (χ4v) is 2.21. The fraction of sp³-hybridized carbons (Fsp3) is 0.882. The van der Waals surface area contributed by atoms with E-state index in [9.17, 15) is 9.59 Å². The van der Waals surface area contributed by atoms with Crippen LogP contribution in [0.25, 0.3) is 0 Å². The number of imide groups is 1. The molecule has 0 saturated carbocycles. The van der Waals surface area contributed by atoms with Gasteiger partial charge in [-0.15, -0.1) is 0 Å². The molecule has 1 saturated heterocycles. The van der Waals surface area contributed by atoms with Gasteiger partial charge in [0.05, 0.1) is 0 Å². The second-order valence-electron chi connectivity index (χ2n) is 6.12. The zero-order valence-electron chi connectivity index (χ0n) is 15.5. The van der Waals surface area contributed by atoms with Gasteiger partial charge >= 0.3 is 0 Å². The standard InChI is InChI=1S/C13H24N2O2.2C2H6/c1-9-6-11(16)15(12(17)7-9)8-10(14-5)13(2,3)4;2*1-2/h9-10,14H,6-8H2,1-5H3;2*1-2H3. The zero-order chi connectivity index (χ0) is 17.2. The first-order valence-corrected chi connectivity index (χ1v) is 8.26. The van der Waals surface area contributed by atoms with Crippen molar-refractivity contribution in [2.45, 2.75) is 74.3 Å². The molecular formula is C17H36N2O2. The Morgan fingerprint density at radius 2 is 1.48 bits per heavy atom. The van der Waals surface area contributed by atoms with Crippen LogP contribution < -0.4 is 5.32 Å². The Hall–Kier alpha value is -0.900. The van der Waals surface area contributed by atoms with Gasteiger partial charge in [-0.05, 0) is 18.4 Å². The second-order valence-corrected chi connectivity index (χ2v) is 6.12. The minimum atomic E-state index is -0.0294. The van der Waals surface area contributed by atoms with Crippen molar-refractivity contribution in [3.8, 4) is 0 Å². The van der Waals surface area contributed by atoms with E-state index in [1.54, 1.807) is 0 Å². The molecule has 4 heteroatoms. The van der Waals surface area contributed by atoms with Crippen LogP contribution >= 0.6 is 0 Å². The molecule has 1 N–H and O–H groups in total. The van der Waals surface area contributed by atoms with E-state index in [1.165, 1.54) is 4.90 Å². The first-order chi connectivity index (χ1) is 9.75. The lowest BCUT2D eigenvalue weighted by Crippen LogP contribution is -2.52. The van der Waals surface area contributed by atoms with Crippen LogP contribution in [0.5, 0.6) is 0 Å². The number of nitrogens with one attached hydrogen (secondary N) is 1. The summed E-state index contributed by atoms with van der Waals surface area (Å²) in [7, 11) is 1.87. The van der Waals surface area contributed by atoms with Gasteiger partial charge in [0.25, 0.3) is 0 Å². The lowest BCUT2D eigenvalue weighted by Gasteiger charge is -2.36. The van der Waals surface area contributed by atoms with E-state index in [0.717, 1.165) is 0 Å². The normalized spacial score (nSPS) is 17.5. The van der Waals surface area contributed by atoms with Crippen LogP contribution in [0.3, 0.4) is 0 Å². The molecule has 0 spiro atoms. The number of piperidine rings is 1. The molecule has 0 aliphatic carbocycles. The number of likely N-dealkylation sites (tertiary alicyclic amines) is 1. The monoisotopic (exact) mass is 300 g/mol. The Bertz CT molecular complexity index is 290. The molecule has 1 fully saturated rings. The summed E-state index contributed by atoms with van der Waals surface area (Å²) in [5.74, 6) is 0.130. The van der Waals surface area contributed by atoms with E-state index in [1.807, 2.05) is 41.7 Å². The number of likely N-dealkylation sites (N-methyl/N-ethyl adjacent to an activating group) is 1. The fourth-order valence-electron chi connectivity index (χ4n) is 2.21. The number of rotatable bonds is 3. The summed E-state index contributed by atoms with van der Waals surface area (Å²) >= 11 is 0. The number of nitrogens with zero attached hydrogens (tertiary/aromatic N) is 1. The van der Waals surface area contributed by atoms with Gasteiger partial charge in [0.2, 0.25) is 11.8 Å². The number of carbonyl (C=O) groups is 2. The maximum Gasteiger partial charge on any atom is 0.229 e. The second kappa shape index (κ2) is 10.8. The average molecular weight is 300 g/mol.